The van der Waals surface area contributed by atoms with Gasteiger partial charge in [0.1, 0.15) is 0 Å². The lowest BCUT2D eigenvalue weighted by Gasteiger charge is -2.24. The molecule has 0 spiro atoms. The van der Waals surface area contributed by atoms with Crippen molar-refractivity contribution in [2.45, 2.75) is 40.0 Å². The molecule has 5 nitrogen and oxygen atoms in total. The zero-order chi connectivity index (χ0) is 16.9. The van der Waals surface area contributed by atoms with Gasteiger partial charge in [-0.1, -0.05) is 31.5 Å². The number of benzene rings is 1. The second-order valence-corrected chi connectivity index (χ2v) is 6.38. The van der Waals surface area contributed by atoms with Crippen molar-refractivity contribution < 1.29 is 0 Å². The number of hydrogen-bond acceptors (Lipinski definition) is 5. The Hall–Kier alpha value is -2.17. The first kappa shape index (κ1) is 16.7. The fourth-order valence-electron chi connectivity index (χ4n) is 3.19. The molecule has 1 aromatic heterocycles. The molecule has 2 aromatic rings. The molecular weight excluding hydrogens is 298 g/mol. The molecule has 0 radical (unpaired) electrons. The second kappa shape index (κ2) is 7.60. The van der Waals surface area contributed by atoms with E-state index in [0.717, 1.165) is 62.8 Å². The van der Waals surface area contributed by atoms with Crippen molar-refractivity contribution in [1.82, 2.24) is 15.2 Å². The molecule has 1 aliphatic heterocycles. The first-order chi connectivity index (χ1) is 11.7. The van der Waals surface area contributed by atoms with Gasteiger partial charge in [-0.2, -0.15) is 5.10 Å². The molecule has 0 atom stereocenters. The molecular formula is C19H27N5. The molecule has 1 saturated heterocycles. The van der Waals surface area contributed by atoms with Crippen LogP contribution in [0.2, 0.25) is 0 Å². The van der Waals surface area contributed by atoms with E-state index >= 15 is 0 Å². The highest BCUT2D eigenvalue weighted by molar-refractivity contribution is 5.48. The number of aromatic nitrogens is 3. The molecule has 0 bridgehead atoms. The van der Waals surface area contributed by atoms with Crippen molar-refractivity contribution in [3.05, 3.63) is 41.2 Å². The summed E-state index contributed by atoms with van der Waals surface area (Å²) in [5, 5.41) is 8.77. The fourth-order valence-corrected chi connectivity index (χ4v) is 3.19. The Labute approximate surface area is 144 Å². The summed E-state index contributed by atoms with van der Waals surface area (Å²) in [4.78, 5) is 9.50. The lowest BCUT2D eigenvalue weighted by molar-refractivity contribution is 0.735. The van der Waals surface area contributed by atoms with Gasteiger partial charge < -0.3 is 9.80 Å². The summed E-state index contributed by atoms with van der Waals surface area (Å²) < 4.78 is 0. The third-order valence-corrected chi connectivity index (χ3v) is 4.68. The van der Waals surface area contributed by atoms with E-state index in [1.54, 1.807) is 0 Å². The zero-order valence-electron chi connectivity index (χ0n) is 15.0. The highest BCUT2D eigenvalue weighted by Gasteiger charge is 2.18. The number of anilines is 2. The minimum absolute atomic E-state index is 0.787. The van der Waals surface area contributed by atoms with Crippen LogP contribution in [0.3, 0.4) is 0 Å². The normalized spacial score (nSPS) is 15.5. The van der Waals surface area contributed by atoms with Gasteiger partial charge in [0.15, 0.2) is 0 Å². The SMILES string of the molecule is CCc1nnc(N2CCCN(c3ccc(C)cc3)CC2)nc1CC. The molecule has 0 N–H and O–H groups in total. The van der Waals surface area contributed by atoms with E-state index in [1.165, 1.54) is 11.3 Å². The molecule has 128 valence electrons. The maximum absolute atomic E-state index is 4.77. The van der Waals surface area contributed by atoms with Crippen LogP contribution in [0.5, 0.6) is 0 Å². The Balaban J connectivity index is 1.72. The summed E-state index contributed by atoms with van der Waals surface area (Å²) in [7, 11) is 0. The molecule has 2 heterocycles. The minimum atomic E-state index is 0.787. The van der Waals surface area contributed by atoms with Gasteiger partial charge in [0.05, 0.1) is 11.4 Å². The van der Waals surface area contributed by atoms with Gasteiger partial charge in [-0.3, -0.25) is 0 Å². The van der Waals surface area contributed by atoms with Crippen LogP contribution >= 0.6 is 0 Å². The molecule has 0 saturated carbocycles. The third-order valence-electron chi connectivity index (χ3n) is 4.68. The molecule has 0 amide bonds. The molecule has 3 rings (SSSR count). The van der Waals surface area contributed by atoms with Gasteiger partial charge >= 0.3 is 0 Å². The highest BCUT2D eigenvalue weighted by Crippen LogP contribution is 2.19. The summed E-state index contributed by atoms with van der Waals surface area (Å²) in [5.41, 5.74) is 4.72. The first-order valence-electron chi connectivity index (χ1n) is 9.00. The fraction of sp³-hybridized carbons (Fsp3) is 0.526. The van der Waals surface area contributed by atoms with Crippen LogP contribution < -0.4 is 9.80 Å². The van der Waals surface area contributed by atoms with Gasteiger partial charge in [0.2, 0.25) is 5.95 Å². The maximum atomic E-state index is 4.77. The lowest BCUT2D eigenvalue weighted by Crippen LogP contribution is -2.32. The number of hydrogen-bond donors (Lipinski definition) is 0. The second-order valence-electron chi connectivity index (χ2n) is 6.38. The van der Waals surface area contributed by atoms with Gasteiger partial charge in [0.25, 0.3) is 0 Å². The van der Waals surface area contributed by atoms with Crippen molar-refractivity contribution >= 4 is 11.6 Å². The molecule has 1 aromatic carbocycles. The summed E-state index contributed by atoms with van der Waals surface area (Å²) in [6.07, 6.45) is 2.91. The Bertz CT molecular complexity index is 668. The summed E-state index contributed by atoms with van der Waals surface area (Å²) >= 11 is 0. The van der Waals surface area contributed by atoms with E-state index in [2.05, 4.69) is 65.0 Å². The summed E-state index contributed by atoms with van der Waals surface area (Å²) in [6, 6.07) is 8.80. The Kier molecular flexibility index (Phi) is 5.28. The largest absolute Gasteiger partial charge is 0.370 e. The van der Waals surface area contributed by atoms with Crippen LogP contribution in [0, 0.1) is 6.92 Å². The lowest BCUT2D eigenvalue weighted by atomic mass is 10.2. The molecule has 0 unspecified atom stereocenters. The van der Waals surface area contributed by atoms with E-state index in [9.17, 15) is 0 Å². The smallest absolute Gasteiger partial charge is 0.245 e. The Morgan fingerprint density at radius 3 is 2.21 bits per heavy atom. The van der Waals surface area contributed by atoms with Crippen LogP contribution in [0.15, 0.2) is 24.3 Å². The quantitative estimate of drug-likeness (QED) is 0.864. The molecule has 1 aliphatic rings. The van der Waals surface area contributed by atoms with Crippen LogP contribution in [0.25, 0.3) is 0 Å². The van der Waals surface area contributed by atoms with E-state index in [-0.39, 0.29) is 0 Å². The van der Waals surface area contributed by atoms with Gasteiger partial charge in [0, 0.05) is 31.9 Å². The van der Waals surface area contributed by atoms with E-state index in [1.807, 2.05) is 0 Å². The highest BCUT2D eigenvalue weighted by atomic mass is 15.3. The molecule has 5 heteroatoms. The topological polar surface area (TPSA) is 45.2 Å². The predicted molar refractivity (Wildman–Crippen MR) is 98.8 cm³/mol. The molecule has 24 heavy (non-hydrogen) atoms. The number of nitrogens with zero attached hydrogens (tertiary/aromatic N) is 5. The van der Waals surface area contributed by atoms with Crippen LogP contribution in [0.1, 0.15) is 37.2 Å². The molecule has 0 aliphatic carbocycles. The van der Waals surface area contributed by atoms with Crippen LogP contribution in [-0.2, 0) is 12.8 Å². The Morgan fingerprint density at radius 2 is 1.50 bits per heavy atom. The van der Waals surface area contributed by atoms with Crippen LogP contribution in [-0.4, -0.2) is 41.4 Å². The van der Waals surface area contributed by atoms with Gasteiger partial charge in [-0.15, -0.1) is 5.10 Å². The van der Waals surface area contributed by atoms with Crippen molar-refractivity contribution in [3.8, 4) is 0 Å². The maximum Gasteiger partial charge on any atom is 0.245 e. The summed E-state index contributed by atoms with van der Waals surface area (Å²) in [5.74, 6) is 0.787. The van der Waals surface area contributed by atoms with Crippen molar-refractivity contribution in [1.29, 1.82) is 0 Å². The van der Waals surface area contributed by atoms with E-state index in [4.69, 9.17) is 4.98 Å². The van der Waals surface area contributed by atoms with Crippen molar-refractivity contribution in [3.63, 3.8) is 0 Å². The third kappa shape index (κ3) is 3.66. The van der Waals surface area contributed by atoms with E-state index < -0.39 is 0 Å². The van der Waals surface area contributed by atoms with Gasteiger partial charge in [-0.05, 0) is 38.3 Å². The number of aryl methyl sites for hydroxylation is 3. The number of rotatable bonds is 4. The van der Waals surface area contributed by atoms with Crippen molar-refractivity contribution in [2.24, 2.45) is 0 Å². The van der Waals surface area contributed by atoms with Gasteiger partial charge in [-0.25, -0.2) is 4.98 Å². The average molecular weight is 325 g/mol. The zero-order valence-corrected chi connectivity index (χ0v) is 15.0. The van der Waals surface area contributed by atoms with Crippen molar-refractivity contribution in [2.75, 3.05) is 36.0 Å². The predicted octanol–water partition coefficient (Wildman–Crippen LogP) is 3.02. The monoisotopic (exact) mass is 325 g/mol. The standard InChI is InChI=1S/C19H27N5/c1-4-17-18(5-2)21-22-19(20-17)24-12-6-11-23(13-14-24)16-9-7-15(3)8-10-16/h7-10H,4-6,11-14H2,1-3H3. The van der Waals surface area contributed by atoms with Crippen LogP contribution in [0.4, 0.5) is 11.6 Å². The average Bonchev–Trinajstić information content (AvgIpc) is 2.88. The summed E-state index contributed by atoms with van der Waals surface area (Å²) in [6.45, 7) is 10.3. The first-order valence-corrected chi connectivity index (χ1v) is 9.00. The Morgan fingerprint density at radius 1 is 0.833 bits per heavy atom. The molecule has 1 fully saturated rings. The minimum Gasteiger partial charge on any atom is -0.370 e. The van der Waals surface area contributed by atoms with E-state index in [0.29, 0.717) is 0 Å².